The van der Waals surface area contributed by atoms with E-state index in [0.29, 0.717) is 30.2 Å². The van der Waals surface area contributed by atoms with Crippen molar-refractivity contribution in [3.05, 3.63) is 23.7 Å². The Morgan fingerprint density at radius 1 is 1.42 bits per heavy atom. The van der Waals surface area contributed by atoms with Crippen molar-refractivity contribution in [1.29, 1.82) is 0 Å². The van der Waals surface area contributed by atoms with Gasteiger partial charge in [0.25, 0.3) is 5.91 Å². The van der Waals surface area contributed by atoms with Crippen LogP contribution in [0.1, 0.15) is 37.1 Å². The summed E-state index contributed by atoms with van der Waals surface area (Å²) in [7, 11) is 1.71. The minimum Gasteiger partial charge on any atom is -0.454 e. The van der Waals surface area contributed by atoms with Gasteiger partial charge in [-0.05, 0) is 25.0 Å². The third-order valence-corrected chi connectivity index (χ3v) is 2.92. The molecule has 1 heterocycles. The van der Waals surface area contributed by atoms with E-state index in [1.54, 1.807) is 19.2 Å². The van der Waals surface area contributed by atoms with Gasteiger partial charge >= 0.3 is 0 Å². The number of guanidine groups is 1. The van der Waals surface area contributed by atoms with Gasteiger partial charge in [-0.3, -0.25) is 9.79 Å². The Morgan fingerprint density at radius 2 is 2.11 bits per heavy atom. The van der Waals surface area contributed by atoms with Gasteiger partial charge in [0.15, 0.2) is 11.7 Å². The highest BCUT2D eigenvalue weighted by Gasteiger charge is 2.10. The molecule has 0 saturated heterocycles. The Bertz CT molecular complexity index is 451. The fourth-order valence-electron chi connectivity index (χ4n) is 1.35. The van der Waals surface area contributed by atoms with Crippen molar-refractivity contribution in [2.24, 2.45) is 16.6 Å². The van der Waals surface area contributed by atoms with Crippen LogP contribution < -0.4 is 16.4 Å². The molecule has 0 aliphatic carbocycles. The van der Waals surface area contributed by atoms with Crippen LogP contribution in [0.5, 0.6) is 0 Å². The summed E-state index contributed by atoms with van der Waals surface area (Å²) in [6.07, 6.45) is 0. The SMILES string of the molecule is CN=C(NCc1ccc(C(N)=O)o1)NC(C)C(C)C. The average Bonchev–Trinajstić information content (AvgIpc) is 2.82. The lowest BCUT2D eigenvalue weighted by molar-refractivity contribution is 0.0972. The Balaban J connectivity index is 2.51. The number of rotatable bonds is 5. The molecule has 1 rings (SSSR count). The number of hydrogen-bond donors (Lipinski definition) is 3. The van der Waals surface area contributed by atoms with Gasteiger partial charge in [-0.1, -0.05) is 13.8 Å². The zero-order valence-corrected chi connectivity index (χ0v) is 11.9. The number of aliphatic imine (C=N–C) groups is 1. The topological polar surface area (TPSA) is 92.6 Å². The maximum Gasteiger partial charge on any atom is 0.284 e. The van der Waals surface area contributed by atoms with E-state index in [2.05, 4.69) is 36.4 Å². The minimum absolute atomic E-state index is 0.162. The first-order valence-corrected chi connectivity index (χ1v) is 6.29. The summed E-state index contributed by atoms with van der Waals surface area (Å²) in [6.45, 7) is 6.81. The minimum atomic E-state index is -0.567. The number of carbonyl (C=O) groups is 1. The highest BCUT2D eigenvalue weighted by Crippen LogP contribution is 2.06. The predicted molar refractivity (Wildman–Crippen MR) is 74.9 cm³/mol. The van der Waals surface area contributed by atoms with Crippen LogP contribution in [0, 0.1) is 5.92 Å². The van der Waals surface area contributed by atoms with Gasteiger partial charge in [0, 0.05) is 13.1 Å². The molecule has 6 heteroatoms. The molecule has 6 nitrogen and oxygen atoms in total. The van der Waals surface area contributed by atoms with Crippen molar-refractivity contribution in [2.75, 3.05) is 7.05 Å². The van der Waals surface area contributed by atoms with Gasteiger partial charge in [-0.15, -0.1) is 0 Å². The van der Waals surface area contributed by atoms with Gasteiger partial charge in [0.05, 0.1) is 6.54 Å². The number of nitrogens with one attached hydrogen (secondary N) is 2. The third-order valence-electron chi connectivity index (χ3n) is 2.92. The molecule has 1 unspecified atom stereocenters. The van der Waals surface area contributed by atoms with Crippen molar-refractivity contribution in [3.63, 3.8) is 0 Å². The molecule has 1 aromatic rings. The first-order valence-electron chi connectivity index (χ1n) is 6.29. The predicted octanol–water partition coefficient (Wildman–Crippen LogP) is 1.09. The van der Waals surface area contributed by atoms with E-state index in [1.165, 1.54) is 0 Å². The fraction of sp³-hybridized carbons (Fsp3) is 0.538. The van der Waals surface area contributed by atoms with E-state index in [-0.39, 0.29) is 5.76 Å². The fourth-order valence-corrected chi connectivity index (χ4v) is 1.35. The van der Waals surface area contributed by atoms with Gasteiger partial charge in [-0.25, -0.2) is 0 Å². The van der Waals surface area contributed by atoms with Crippen molar-refractivity contribution in [3.8, 4) is 0 Å². The molecule has 0 aliphatic heterocycles. The van der Waals surface area contributed by atoms with Crippen LogP contribution in [0.25, 0.3) is 0 Å². The van der Waals surface area contributed by atoms with E-state index < -0.39 is 5.91 Å². The largest absolute Gasteiger partial charge is 0.454 e. The summed E-state index contributed by atoms with van der Waals surface area (Å²) in [5.74, 6) is 1.42. The number of hydrogen-bond acceptors (Lipinski definition) is 3. The Labute approximate surface area is 113 Å². The van der Waals surface area contributed by atoms with Crippen molar-refractivity contribution >= 4 is 11.9 Å². The van der Waals surface area contributed by atoms with Crippen LogP contribution in [0.3, 0.4) is 0 Å². The number of furan rings is 1. The lowest BCUT2D eigenvalue weighted by Crippen LogP contribution is -2.43. The van der Waals surface area contributed by atoms with Crippen LogP contribution in [0.4, 0.5) is 0 Å². The molecule has 4 N–H and O–H groups in total. The lowest BCUT2D eigenvalue weighted by atomic mass is 10.1. The van der Waals surface area contributed by atoms with E-state index in [9.17, 15) is 4.79 Å². The maximum absolute atomic E-state index is 10.9. The van der Waals surface area contributed by atoms with Crippen LogP contribution in [0.15, 0.2) is 21.5 Å². The highest BCUT2D eigenvalue weighted by atomic mass is 16.3. The summed E-state index contributed by atoms with van der Waals surface area (Å²) in [4.78, 5) is 15.0. The van der Waals surface area contributed by atoms with Crippen molar-refractivity contribution < 1.29 is 9.21 Å². The summed E-state index contributed by atoms with van der Waals surface area (Å²) in [5.41, 5.74) is 5.12. The highest BCUT2D eigenvalue weighted by molar-refractivity contribution is 5.89. The summed E-state index contributed by atoms with van der Waals surface area (Å²) >= 11 is 0. The zero-order valence-electron chi connectivity index (χ0n) is 11.9. The molecule has 1 amide bonds. The number of nitrogens with zero attached hydrogens (tertiary/aromatic N) is 1. The molecule has 0 aliphatic rings. The number of carbonyl (C=O) groups excluding carboxylic acids is 1. The normalized spacial score (nSPS) is 13.4. The molecule has 0 aromatic carbocycles. The molecule has 1 atom stereocenters. The molecule has 0 fully saturated rings. The van der Waals surface area contributed by atoms with Gasteiger partial charge < -0.3 is 20.8 Å². The van der Waals surface area contributed by atoms with Crippen LogP contribution in [-0.2, 0) is 6.54 Å². The molecule has 0 bridgehead atoms. The Morgan fingerprint density at radius 3 is 2.58 bits per heavy atom. The first kappa shape index (κ1) is 15.1. The van der Waals surface area contributed by atoms with Gasteiger partial charge in [0.1, 0.15) is 5.76 Å². The van der Waals surface area contributed by atoms with E-state index in [1.807, 2.05) is 0 Å². The monoisotopic (exact) mass is 266 g/mol. The maximum atomic E-state index is 10.9. The van der Waals surface area contributed by atoms with Crippen LogP contribution in [0.2, 0.25) is 0 Å². The first-order chi connectivity index (χ1) is 8.93. The molecule has 1 aromatic heterocycles. The van der Waals surface area contributed by atoms with Crippen LogP contribution in [-0.4, -0.2) is 25.0 Å². The van der Waals surface area contributed by atoms with E-state index in [4.69, 9.17) is 10.2 Å². The lowest BCUT2D eigenvalue weighted by Gasteiger charge is -2.20. The van der Waals surface area contributed by atoms with E-state index >= 15 is 0 Å². The van der Waals surface area contributed by atoms with Crippen molar-refractivity contribution in [1.82, 2.24) is 10.6 Å². The Kier molecular flexibility index (Phi) is 5.41. The molecule has 106 valence electrons. The second kappa shape index (κ2) is 6.82. The average molecular weight is 266 g/mol. The second-order valence-corrected chi connectivity index (χ2v) is 4.73. The van der Waals surface area contributed by atoms with Crippen molar-refractivity contribution in [2.45, 2.75) is 33.4 Å². The second-order valence-electron chi connectivity index (χ2n) is 4.73. The quantitative estimate of drug-likeness (QED) is 0.549. The van der Waals surface area contributed by atoms with Crippen LogP contribution >= 0.6 is 0 Å². The molecule has 0 spiro atoms. The molecule has 0 saturated carbocycles. The standard InChI is InChI=1S/C13H22N4O2/c1-8(2)9(3)17-13(15-4)16-7-10-5-6-11(19-10)12(14)18/h5-6,8-9H,7H2,1-4H3,(H2,14,18)(H2,15,16,17). The third kappa shape index (κ3) is 4.65. The number of nitrogens with two attached hydrogens (primary N) is 1. The van der Waals surface area contributed by atoms with Gasteiger partial charge in [0.2, 0.25) is 0 Å². The van der Waals surface area contributed by atoms with Gasteiger partial charge in [-0.2, -0.15) is 0 Å². The summed E-state index contributed by atoms with van der Waals surface area (Å²) in [6, 6.07) is 3.59. The smallest absolute Gasteiger partial charge is 0.284 e. The molecule has 0 radical (unpaired) electrons. The molecule has 19 heavy (non-hydrogen) atoms. The Hall–Kier alpha value is -1.98. The number of amides is 1. The summed E-state index contributed by atoms with van der Waals surface area (Å²) < 4.78 is 5.27. The molecular weight excluding hydrogens is 244 g/mol. The summed E-state index contributed by atoms with van der Waals surface area (Å²) in [5, 5.41) is 6.39. The van der Waals surface area contributed by atoms with E-state index in [0.717, 1.165) is 0 Å². The molecular formula is C13H22N4O2. The zero-order chi connectivity index (χ0) is 14.4. The number of primary amides is 1.